The van der Waals surface area contributed by atoms with Crippen molar-refractivity contribution in [2.24, 2.45) is 9.98 Å². The van der Waals surface area contributed by atoms with Crippen molar-refractivity contribution in [3.63, 3.8) is 0 Å². The van der Waals surface area contributed by atoms with Crippen LogP contribution in [0.5, 0.6) is 0 Å². The second-order valence-corrected chi connectivity index (χ2v) is 3.31. The third-order valence-corrected chi connectivity index (χ3v) is 2.29. The lowest BCUT2D eigenvalue weighted by molar-refractivity contribution is 0.178. The molecule has 0 fully saturated rings. The van der Waals surface area contributed by atoms with Crippen molar-refractivity contribution in [1.29, 1.82) is 0 Å². The van der Waals surface area contributed by atoms with Crippen molar-refractivity contribution in [3.05, 3.63) is 35.0 Å². The lowest BCUT2D eigenvalue weighted by Gasteiger charge is -2.20. The highest BCUT2D eigenvalue weighted by Gasteiger charge is 2.30. The van der Waals surface area contributed by atoms with Gasteiger partial charge in [0.2, 0.25) is 5.79 Å². The van der Waals surface area contributed by atoms with Gasteiger partial charge in [-0.15, -0.1) is 0 Å². The number of benzene rings is 1. The Labute approximate surface area is 86.2 Å². The molecule has 5 heteroatoms. The summed E-state index contributed by atoms with van der Waals surface area (Å²) in [7, 11) is 0. The van der Waals surface area contributed by atoms with E-state index >= 15 is 0 Å². The number of nitrogens with zero attached hydrogens (tertiary/aromatic N) is 2. The Kier molecular flexibility index (Phi) is 2.15. The molecule has 1 heterocycles. The third-order valence-electron chi connectivity index (χ3n) is 2.29. The smallest absolute Gasteiger partial charge is 0.408 e. The zero-order valence-electron chi connectivity index (χ0n) is 8.27. The quantitative estimate of drug-likeness (QED) is 0.727. The Morgan fingerprint density at radius 1 is 1.40 bits per heavy atom. The Morgan fingerprint density at radius 2 is 1.93 bits per heavy atom. The number of fused-ring (bicyclic) bond motifs is 1. The van der Waals surface area contributed by atoms with Crippen LogP contribution in [0.4, 0.5) is 4.79 Å². The largest absolute Gasteiger partial charge is 0.465 e. The average molecular weight is 205 g/mol. The second-order valence-electron chi connectivity index (χ2n) is 3.31. The lowest BCUT2D eigenvalue weighted by Crippen LogP contribution is -2.43. The molecule has 1 aliphatic rings. The number of nitrogens with one attached hydrogen (secondary N) is 1. The minimum Gasteiger partial charge on any atom is -0.465 e. The van der Waals surface area contributed by atoms with E-state index in [1.807, 2.05) is 31.2 Å². The molecule has 78 valence electrons. The van der Waals surface area contributed by atoms with Crippen molar-refractivity contribution < 1.29 is 9.90 Å². The molecule has 0 aromatic heterocycles. The van der Waals surface area contributed by atoms with Crippen molar-refractivity contribution >= 4 is 6.09 Å². The van der Waals surface area contributed by atoms with Gasteiger partial charge < -0.3 is 5.11 Å². The molecule has 0 aliphatic carbocycles. The first-order valence-electron chi connectivity index (χ1n) is 4.71. The second kappa shape index (κ2) is 3.34. The molecule has 15 heavy (non-hydrogen) atoms. The number of carbonyl (C=O) groups is 1. The summed E-state index contributed by atoms with van der Waals surface area (Å²) in [6, 6.07) is 7.34. The monoisotopic (exact) mass is 205 g/mol. The first kappa shape index (κ1) is 9.64. The minimum atomic E-state index is -1.11. The fraction of sp³-hybridized carbons (Fsp3) is 0.300. The van der Waals surface area contributed by atoms with Gasteiger partial charge in [-0.1, -0.05) is 19.1 Å². The van der Waals surface area contributed by atoms with Gasteiger partial charge in [-0.2, -0.15) is 0 Å². The fourth-order valence-electron chi connectivity index (χ4n) is 1.55. The molecule has 0 saturated heterocycles. The molecule has 1 aromatic carbocycles. The highest BCUT2D eigenvalue weighted by molar-refractivity contribution is 5.65. The van der Waals surface area contributed by atoms with E-state index in [1.165, 1.54) is 0 Å². The van der Waals surface area contributed by atoms with Crippen LogP contribution in [0.2, 0.25) is 0 Å². The molecule has 5 nitrogen and oxygen atoms in total. The molecule has 0 atom stereocenters. The summed E-state index contributed by atoms with van der Waals surface area (Å²) in [6.07, 6.45) is -0.620. The molecule has 2 rings (SSSR count). The Bertz CT molecular complexity index is 475. The van der Waals surface area contributed by atoms with E-state index in [-0.39, 0.29) is 0 Å². The van der Waals surface area contributed by atoms with E-state index in [9.17, 15) is 4.79 Å². The van der Waals surface area contributed by atoms with Crippen LogP contribution in [0.15, 0.2) is 34.3 Å². The lowest BCUT2D eigenvalue weighted by atomic mass is 10.3. The molecular formula is C10H11N3O2. The maximum absolute atomic E-state index is 10.6. The van der Waals surface area contributed by atoms with Gasteiger partial charge in [0.25, 0.3) is 0 Å². The fourth-order valence-corrected chi connectivity index (χ4v) is 1.55. The Hall–Kier alpha value is -1.91. The topological polar surface area (TPSA) is 74.0 Å². The summed E-state index contributed by atoms with van der Waals surface area (Å²) in [6.45, 7) is 1.84. The number of hydrogen-bond donors (Lipinski definition) is 2. The van der Waals surface area contributed by atoms with E-state index in [0.29, 0.717) is 6.42 Å². The summed E-state index contributed by atoms with van der Waals surface area (Å²) < 4.78 is 0. The molecule has 1 aliphatic heterocycles. The summed E-state index contributed by atoms with van der Waals surface area (Å²) in [5.41, 5.74) is 0. The van der Waals surface area contributed by atoms with Crippen LogP contribution in [0, 0.1) is 0 Å². The van der Waals surface area contributed by atoms with Crippen LogP contribution in [-0.2, 0) is 0 Å². The maximum Gasteiger partial charge on any atom is 0.408 e. The summed E-state index contributed by atoms with van der Waals surface area (Å²) in [5.74, 6) is -1.03. The van der Waals surface area contributed by atoms with Crippen LogP contribution in [0.1, 0.15) is 13.3 Å². The SMILES string of the molecule is CCC1(NC(=O)O)N=c2ccccc2=N1. The van der Waals surface area contributed by atoms with Crippen molar-refractivity contribution in [1.82, 2.24) is 5.32 Å². The summed E-state index contributed by atoms with van der Waals surface area (Å²) >= 11 is 0. The van der Waals surface area contributed by atoms with E-state index < -0.39 is 11.9 Å². The standard InChI is InChI=1S/C10H11N3O2/c1-2-10(13-9(14)15)11-7-5-3-4-6-8(7)12-10/h3-6,13H,2H2,1H3,(H,14,15). The number of rotatable bonds is 2. The first-order chi connectivity index (χ1) is 7.15. The molecule has 0 bridgehead atoms. The van der Waals surface area contributed by atoms with E-state index in [2.05, 4.69) is 15.3 Å². The van der Waals surface area contributed by atoms with Crippen LogP contribution in [-0.4, -0.2) is 17.0 Å². The van der Waals surface area contributed by atoms with E-state index in [4.69, 9.17) is 5.11 Å². The van der Waals surface area contributed by atoms with Gasteiger partial charge in [0.05, 0.1) is 10.7 Å². The zero-order valence-corrected chi connectivity index (χ0v) is 8.27. The van der Waals surface area contributed by atoms with Crippen LogP contribution in [0.3, 0.4) is 0 Å². The normalized spacial score (nSPS) is 16.1. The van der Waals surface area contributed by atoms with Gasteiger partial charge >= 0.3 is 6.09 Å². The van der Waals surface area contributed by atoms with Gasteiger partial charge in [0, 0.05) is 6.42 Å². The Balaban J connectivity index is 2.50. The molecular weight excluding hydrogens is 194 g/mol. The molecule has 0 radical (unpaired) electrons. The van der Waals surface area contributed by atoms with E-state index in [1.54, 1.807) is 0 Å². The predicted molar refractivity (Wildman–Crippen MR) is 52.9 cm³/mol. The van der Waals surface area contributed by atoms with Crippen LogP contribution < -0.4 is 16.0 Å². The van der Waals surface area contributed by atoms with Gasteiger partial charge in [-0.25, -0.2) is 14.8 Å². The summed E-state index contributed by atoms with van der Waals surface area (Å²) in [4.78, 5) is 19.2. The molecule has 2 N–H and O–H groups in total. The predicted octanol–water partition coefficient (Wildman–Crippen LogP) is 0.271. The van der Waals surface area contributed by atoms with E-state index in [0.717, 1.165) is 10.7 Å². The molecule has 0 unspecified atom stereocenters. The third kappa shape index (κ3) is 1.68. The number of carboxylic acid groups (broad SMARTS) is 1. The number of amides is 1. The van der Waals surface area contributed by atoms with Crippen molar-refractivity contribution in [3.8, 4) is 0 Å². The highest BCUT2D eigenvalue weighted by atomic mass is 16.4. The summed E-state index contributed by atoms with van der Waals surface area (Å²) in [5, 5.41) is 12.5. The van der Waals surface area contributed by atoms with Crippen molar-refractivity contribution in [2.45, 2.75) is 19.1 Å². The average Bonchev–Trinajstić information content (AvgIpc) is 2.55. The van der Waals surface area contributed by atoms with Crippen LogP contribution >= 0.6 is 0 Å². The van der Waals surface area contributed by atoms with Gasteiger partial charge in [0.1, 0.15) is 0 Å². The Morgan fingerprint density at radius 3 is 2.33 bits per heavy atom. The zero-order chi connectivity index (χ0) is 10.9. The first-order valence-corrected chi connectivity index (χ1v) is 4.71. The van der Waals surface area contributed by atoms with Crippen molar-refractivity contribution in [2.75, 3.05) is 0 Å². The van der Waals surface area contributed by atoms with Gasteiger partial charge in [0.15, 0.2) is 0 Å². The molecule has 0 saturated carbocycles. The molecule has 1 amide bonds. The molecule has 1 aromatic rings. The van der Waals surface area contributed by atoms with Gasteiger partial charge in [-0.3, -0.25) is 5.32 Å². The highest BCUT2D eigenvalue weighted by Crippen LogP contribution is 2.14. The van der Waals surface area contributed by atoms with Crippen LogP contribution in [0.25, 0.3) is 0 Å². The number of para-hydroxylation sites is 2. The number of hydrogen-bond acceptors (Lipinski definition) is 3. The minimum absolute atomic E-state index is 0.494. The molecule has 0 spiro atoms. The van der Waals surface area contributed by atoms with Gasteiger partial charge in [-0.05, 0) is 12.1 Å². The maximum atomic E-state index is 10.6.